The normalized spacial score (nSPS) is 16.4. The van der Waals surface area contributed by atoms with Gasteiger partial charge < -0.3 is 20.1 Å². The number of aryl methyl sites for hydroxylation is 1. The number of benzene rings is 2. The molecule has 1 aliphatic heterocycles. The summed E-state index contributed by atoms with van der Waals surface area (Å²) in [5.74, 6) is 0.0552. The van der Waals surface area contributed by atoms with E-state index in [4.69, 9.17) is 9.47 Å². The van der Waals surface area contributed by atoms with Crippen LogP contribution in [0.2, 0.25) is 0 Å². The number of nitrogens with zero attached hydrogens (tertiary/aromatic N) is 1. The molecule has 9 nitrogen and oxygen atoms in total. The molecule has 0 radical (unpaired) electrons. The van der Waals surface area contributed by atoms with Crippen molar-refractivity contribution in [3.63, 3.8) is 0 Å². The van der Waals surface area contributed by atoms with Gasteiger partial charge in [0.25, 0.3) is 0 Å². The van der Waals surface area contributed by atoms with Crippen LogP contribution in [0.5, 0.6) is 11.5 Å². The van der Waals surface area contributed by atoms with Gasteiger partial charge in [0.2, 0.25) is 21.8 Å². The average Bonchev–Trinajstić information content (AvgIpc) is 3.26. The van der Waals surface area contributed by atoms with E-state index in [2.05, 4.69) is 10.6 Å². The Hall–Kier alpha value is -3.11. The van der Waals surface area contributed by atoms with Crippen LogP contribution < -0.4 is 20.1 Å². The van der Waals surface area contributed by atoms with Gasteiger partial charge in [-0.15, -0.1) is 0 Å². The fourth-order valence-corrected chi connectivity index (χ4v) is 5.33. The van der Waals surface area contributed by atoms with E-state index < -0.39 is 22.0 Å². The molecular weight excluding hydrogens is 434 g/mol. The maximum Gasteiger partial charge on any atom is 0.243 e. The van der Waals surface area contributed by atoms with E-state index in [1.54, 1.807) is 18.2 Å². The lowest BCUT2D eigenvalue weighted by Gasteiger charge is -2.24. The van der Waals surface area contributed by atoms with Crippen LogP contribution in [0.4, 0.5) is 11.4 Å². The van der Waals surface area contributed by atoms with E-state index in [1.807, 2.05) is 6.92 Å². The van der Waals surface area contributed by atoms with Gasteiger partial charge in [0.1, 0.15) is 6.04 Å². The standard InChI is InChI=1S/C22H27N3O6S/c1-14-7-8-16(23-15(2)26)12-18(14)24-22(27)19-6-5-11-25(19)32(28,29)17-9-10-20(30-3)21(13-17)31-4/h7-10,12-13,19H,5-6,11H2,1-4H3,(H,23,26)(H,24,27). The van der Waals surface area contributed by atoms with Crippen LogP contribution in [-0.4, -0.2) is 51.3 Å². The van der Waals surface area contributed by atoms with Gasteiger partial charge in [-0.05, 0) is 49.6 Å². The second-order valence-corrected chi connectivity index (χ2v) is 9.38. The van der Waals surface area contributed by atoms with Crippen LogP contribution in [-0.2, 0) is 19.6 Å². The van der Waals surface area contributed by atoms with E-state index in [-0.39, 0.29) is 17.3 Å². The van der Waals surface area contributed by atoms with E-state index in [1.165, 1.54) is 43.6 Å². The Labute approximate surface area is 187 Å². The number of nitrogens with one attached hydrogen (secondary N) is 2. The maximum atomic E-state index is 13.3. The molecule has 10 heteroatoms. The smallest absolute Gasteiger partial charge is 0.243 e. The third-order valence-corrected chi connectivity index (χ3v) is 7.19. The van der Waals surface area contributed by atoms with Crippen LogP contribution in [0.1, 0.15) is 25.3 Å². The first-order valence-corrected chi connectivity index (χ1v) is 11.5. The minimum atomic E-state index is -3.94. The zero-order valence-electron chi connectivity index (χ0n) is 18.5. The highest BCUT2D eigenvalue weighted by Gasteiger charge is 2.39. The van der Waals surface area contributed by atoms with Crippen molar-refractivity contribution in [1.82, 2.24) is 4.31 Å². The number of amides is 2. The molecule has 1 fully saturated rings. The Morgan fingerprint density at radius 1 is 1.03 bits per heavy atom. The van der Waals surface area contributed by atoms with Gasteiger partial charge >= 0.3 is 0 Å². The Morgan fingerprint density at radius 3 is 2.41 bits per heavy atom. The number of hydrogen-bond acceptors (Lipinski definition) is 6. The molecule has 3 rings (SSSR count). The summed E-state index contributed by atoms with van der Waals surface area (Å²) < 4.78 is 38.2. The summed E-state index contributed by atoms with van der Waals surface area (Å²) in [5.41, 5.74) is 1.84. The molecule has 1 heterocycles. The Kier molecular flexibility index (Phi) is 7.05. The van der Waals surface area contributed by atoms with Crippen molar-refractivity contribution in [2.24, 2.45) is 0 Å². The molecule has 1 unspecified atom stereocenters. The van der Waals surface area contributed by atoms with E-state index in [0.29, 0.717) is 35.7 Å². The summed E-state index contributed by atoms with van der Waals surface area (Å²) in [6, 6.07) is 8.65. The van der Waals surface area contributed by atoms with Crippen molar-refractivity contribution < 1.29 is 27.5 Å². The number of methoxy groups -OCH3 is 2. The van der Waals surface area contributed by atoms with Gasteiger partial charge in [-0.25, -0.2) is 8.42 Å². The minimum absolute atomic E-state index is 0.0266. The molecule has 2 N–H and O–H groups in total. The number of sulfonamides is 1. The number of carbonyl (C=O) groups excluding carboxylic acids is 2. The van der Waals surface area contributed by atoms with Gasteiger partial charge in [0.05, 0.1) is 19.1 Å². The Bertz CT molecular complexity index is 1130. The molecule has 2 aromatic carbocycles. The molecule has 1 aliphatic rings. The van der Waals surface area contributed by atoms with Gasteiger partial charge in [0.15, 0.2) is 11.5 Å². The van der Waals surface area contributed by atoms with Gasteiger partial charge in [0, 0.05) is 30.9 Å². The quantitative estimate of drug-likeness (QED) is 0.655. The van der Waals surface area contributed by atoms with E-state index in [9.17, 15) is 18.0 Å². The third-order valence-electron chi connectivity index (χ3n) is 5.28. The summed E-state index contributed by atoms with van der Waals surface area (Å²) >= 11 is 0. The highest BCUT2D eigenvalue weighted by Crippen LogP contribution is 2.33. The summed E-state index contributed by atoms with van der Waals surface area (Å²) in [6.45, 7) is 3.45. The van der Waals surface area contributed by atoms with Crippen molar-refractivity contribution in [1.29, 1.82) is 0 Å². The summed E-state index contributed by atoms with van der Waals surface area (Å²) in [6.07, 6.45) is 0.971. The first kappa shape index (κ1) is 23.6. The van der Waals surface area contributed by atoms with Crippen LogP contribution in [0, 0.1) is 6.92 Å². The molecule has 2 amide bonds. The van der Waals surface area contributed by atoms with Crippen molar-refractivity contribution in [2.45, 2.75) is 37.6 Å². The molecule has 172 valence electrons. The molecular formula is C22H27N3O6S. The maximum absolute atomic E-state index is 13.3. The van der Waals surface area contributed by atoms with Crippen LogP contribution in [0.15, 0.2) is 41.3 Å². The summed E-state index contributed by atoms with van der Waals surface area (Å²) in [4.78, 5) is 24.4. The van der Waals surface area contributed by atoms with Crippen molar-refractivity contribution in [3.05, 3.63) is 42.0 Å². The summed E-state index contributed by atoms with van der Waals surface area (Å²) in [7, 11) is -1.04. The topological polar surface area (TPSA) is 114 Å². The SMILES string of the molecule is COc1ccc(S(=O)(=O)N2CCCC2C(=O)Nc2cc(NC(C)=O)ccc2C)cc1OC. The first-order chi connectivity index (χ1) is 15.2. The number of hydrogen-bond donors (Lipinski definition) is 2. The number of ether oxygens (including phenoxy) is 2. The fraction of sp³-hybridized carbons (Fsp3) is 0.364. The Morgan fingerprint density at radius 2 is 1.75 bits per heavy atom. The molecule has 32 heavy (non-hydrogen) atoms. The highest BCUT2D eigenvalue weighted by atomic mass is 32.2. The lowest BCUT2D eigenvalue weighted by molar-refractivity contribution is -0.119. The van der Waals surface area contributed by atoms with Gasteiger partial charge in [-0.3, -0.25) is 9.59 Å². The molecule has 0 aliphatic carbocycles. The monoisotopic (exact) mass is 461 g/mol. The largest absolute Gasteiger partial charge is 0.493 e. The van der Waals surface area contributed by atoms with Gasteiger partial charge in [-0.1, -0.05) is 6.07 Å². The molecule has 2 aromatic rings. The fourth-order valence-electron chi connectivity index (χ4n) is 3.66. The second-order valence-electron chi connectivity index (χ2n) is 7.49. The Balaban J connectivity index is 1.85. The number of carbonyl (C=O) groups is 2. The predicted molar refractivity (Wildman–Crippen MR) is 121 cm³/mol. The van der Waals surface area contributed by atoms with Crippen LogP contribution in [0.3, 0.4) is 0 Å². The minimum Gasteiger partial charge on any atom is -0.493 e. The van der Waals surface area contributed by atoms with E-state index >= 15 is 0 Å². The second kappa shape index (κ2) is 9.58. The molecule has 1 atom stereocenters. The molecule has 0 aromatic heterocycles. The molecule has 1 saturated heterocycles. The number of rotatable bonds is 7. The van der Waals surface area contributed by atoms with Crippen molar-refractivity contribution >= 4 is 33.2 Å². The zero-order chi connectivity index (χ0) is 23.5. The van der Waals surface area contributed by atoms with Crippen molar-refractivity contribution in [3.8, 4) is 11.5 Å². The van der Waals surface area contributed by atoms with Crippen LogP contribution >= 0.6 is 0 Å². The van der Waals surface area contributed by atoms with Gasteiger partial charge in [-0.2, -0.15) is 4.31 Å². The number of anilines is 2. The molecule has 0 spiro atoms. The molecule has 0 bridgehead atoms. The van der Waals surface area contributed by atoms with E-state index in [0.717, 1.165) is 5.56 Å². The highest BCUT2D eigenvalue weighted by molar-refractivity contribution is 7.89. The predicted octanol–water partition coefficient (Wildman–Crippen LogP) is 2.76. The first-order valence-electron chi connectivity index (χ1n) is 10.1. The molecule has 0 saturated carbocycles. The third kappa shape index (κ3) is 4.86. The average molecular weight is 462 g/mol. The lowest BCUT2D eigenvalue weighted by atomic mass is 10.1. The van der Waals surface area contributed by atoms with Crippen LogP contribution in [0.25, 0.3) is 0 Å². The summed E-state index contributed by atoms with van der Waals surface area (Å²) in [5, 5.41) is 5.49. The van der Waals surface area contributed by atoms with Crippen molar-refractivity contribution in [2.75, 3.05) is 31.4 Å². The lowest BCUT2D eigenvalue weighted by Crippen LogP contribution is -2.43. The zero-order valence-corrected chi connectivity index (χ0v) is 19.3.